The quantitative estimate of drug-likeness (QED) is 0.801. The first-order valence-corrected chi connectivity index (χ1v) is 5.39. The third kappa shape index (κ3) is 5.30. The number of nitrogens with two attached hydrogens (primary N) is 1. The molecule has 0 radical (unpaired) electrons. The molecule has 0 aliphatic rings. The van der Waals surface area contributed by atoms with Crippen LogP contribution in [0.1, 0.15) is 32.5 Å². The SMILES string of the molecule is CC(C)(C)OC(=O)NCc1nc(CCN)no1. The summed E-state index contributed by atoms with van der Waals surface area (Å²) in [6.45, 7) is 5.97. The molecule has 7 nitrogen and oxygen atoms in total. The van der Waals surface area contributed by atoms with Gasteiger partial charge in [0, 0.05) is 6.42 Å². The molecule has 0 aliphatic heterocycles. The summed E-state index contributed by atoms with van der Waals surface area (Å²) in [6, 6.07) is 0. The van der Waals surface area contributed by atoms with Crippen LogP contribution in [0.2, 0.25) is 0 Å². The van der Waals surface area contributed by atoms with Crippen molar-refractivity contribution in [1.82, 2.24) is 15.5 Å². The molecule has 0 spiro atoms. The van der Waals surface area contributed by atoms with Gasteiger partial charge in [-0.2, -0.15) is 4.98 Å². The second-order valence-corrected chi connectivity index (χ2v) is 4.50. The number of hydrogen-bond acceptors (Lipinski definition) is 6. The maximum Gasteiger partial charge on any atom is 0.408 e. The molecule has 1 aromatic heterocycles. The number of nitrogens with zero attached hydrogens (tertiary/aromatic N) is 2. The summed E-state index contributed by atoms with van der Waals surface area (Å²) in [5.74, 6) is 0.868. The van der Waals surface area contributed by atoms with E-state index in [-0.39, 0.29) is 6.54 Å². The molecule has 1 rings (SSSR count). The van der Waals surface area contributed by atoms with Gasteiger partial charge in [0.2, 0.25) is 5.89 Å². The average molecular weight is 242 g/mol. The van der Waals surface area contributed by atoms with Gasteiger partial charge in [0.25, 0.3) is 0 Å². The maximum absolute atomic E-state index is 11.3. The van der Waals surface area contributed by atoms with Gasteiger partial charge >= 0.3 is 6.09 Å². The van der Waals surface area contributed by atoms with Crippen LogP contribution < -0.4 is 11.1 Å². The lowest BCUT2D eigenvalue weighted by Crippen LogP contribution is -2.32. The lowest BCUT2D eigenvalue weighted by atomic mass is 10.2. The average Bonchev–Trinajstić information content (AvgIpc) is 2.61. The molecule has 0 aliphatic carbocycles. The van der Waals surface area contributed by atoms with E-state index in [1.807, 2.05) is 0 Å². The molecule has 0 saturated carbocycles. The molecule has 0 unspecified atom stereocenters. The summed E-state index contributed by atoms with van der Waals surface area (Å²) in [6.07, 6.45) is 0.0340. The molecule has 0 atom stereocenters. The van der Waals surface area contributed by atoms with Crippen molar-refractivity contribution < 1.29 is 14.1 Å². The molecule has 1 amide bonds. The molecule has 17 heavy (non-hydrogen) atoms. The standard InChI is InChI=1S/C10H18N4O3/c1-10(2,3)16-9(15)12-6-8-13-7(4-5-11)14-17-8/h4-6,11H2,1-3H3,(H,12,15). The van der Waals surface area contributed by atoms with Gasteiger partial charge in [-0.25, -0.2) is 4.79 Å². The Bertz CT molecular complexity index is 370. The normalized spacial score (nSPS) is 11.3. The zero-order chi connectivity index (χ0) is 12.9. The van der Waals surface area contributed by atoms with Gasteiger partial charge in [-0.3, -0.25) is 0 Å². The summed E-state index contributed by atoms with van der Waals surface area (Å²) in [4.78, 5) is 15.4. The number of amides is 1. The topological polar surface area (TPSA) is 103 Å². The van der Waals surface area contributed by atoms with E-state index in [9.17, 15) is 4.79 Å². The van der Waals surface area contributed by atoms with E-state index in [2.05, 4.69) is 15.5 Å². The minimum atomic E-state index is -0.524. The van der Waals surface area contributed by atoms with Gasteiger partial charge in [-0.1, -0.05) is 5.16 Å². The fourth-order valence-electron chi connectivity index (χ4n) is 1.05. The molecule has 3 N–H and O–H groups in total. The van der Waals surface area contributed by atoms with Crippen LogP contribution in [0.25, 0.3) is 0 Å². The second-order valence-electron chi connectivity index (χ2n) is 4.50. The Balaban J connectivity index is 2.37. The Morgan fingerprint density at radius 2 is 2.24 bits per heavy atom. The van der Waals surface area contributed by atoms with Crippen molar-refractivity contribution in [2.75, 3.05) is 6.54 Å². The highest BCUT2D eigenvalue weighted by Gasteiger charge is 2.16. The molecule has 1 aromatic rings. The van der Waals surface area contributed by atoms with Gasteiger partial charge in [-0.05, 0) is 27.3 Å². The summed E-state index contributed by atoms with van der Waals surface area (Å²) in [5, 5.41) is 6.22. The number of carbonyl (C=O) groups excluding carboxylic acids is 1. The summed E-state index contributed by atoms with van der Waals surface area (Å²) >= 11 is 0. The third-order valence-electron chi connectivity index (χ3n) is 1.66. The van der Waals surface area contributed by atoms with E-state index < -0.39 is 11.7 Å². The van der Waals surface area contributed by atoms with Crippen LogP contribution >= 0.6 is 0 Å². The molecule has 1 heterocycles. The van der Waals surface area contributed by atoms with E-state index in [0.717, 1.165) is 0 Å². The van der Waals surface area contributed by atoms with Crippen LogP contribution in [0.4, 0.5) is 4.79 Å². The zero-order valence-electron chi connectivity index (χ0n) is 10.3. The smallest absolute Gasteiger partial charge is 0.408 e. The lowest BCUT2D eigenvalue weighted by Gasteiger charge is -2.19. The number of carbonyl (C=O) groups is 1. The Morgan fingerprint density at radius 1 is 1.53 bits per heavy atom. The predicted molar refractivity (Wildman–Crippen MR) is 60.1 cm³/mol. The minimum Gasteiger partial charge on any atom is -0.444 e. The summed E-state index contributed by atoms with van der Waals surface area (Å²) < 4.78 is 9.96. The lowest BCUT2D eigenvalue weighted by molar-refractivity contribution is 0.0518. The Morgan fingerprint density at radius 3 is 2.82 bits per heavy atom. The Kier molecular flexibility index (Phi) is 4.45. The van der Waals surface area contributed by atoms with Crippen molar-refractivity contribution >= 4 is 6.09 Å². The van der Waals surface area contributed by atoms with Crippen molar-refractivity contribution in [2.45, 2.75) is 39.3 Å². The number of aromatic nitrogens is 2. The van der Waals surface area contributed by atoms with Gasteiger partial charge < -0.3 is 20.3 Å². The van der Waals surface area contributed by atoms with Crippen molar-refractivity contribution in [3.05, 3.63) is 11.7 Å². The monoisotopic (exact) mass is 242 g/mol. The molecular formula is C10H18N4O3. The van der Waals surface area contributed by atoms with Gasteiger partial charge in [-0.15, -0.1) is 0 Å². The van der Waals surface area contributed by atoms with E-state index >= 15 is 0 Å². The first-order valence-electron chi connectivity index (χ1n) is 5.39. The number of ether oxygens (including phenoxy) is 1. The first kappa shape index (κ1) is 13.4. The fourth-order valence-corrected chi connectivity index (χ4v) is 1.05. The molecule has 7 heteroatoms. The van der Waals surface area contributed by atoms with E-state index in [4.69, 9.17) is 15.0 Å². The van der Waals surface area contributed by atoms with Crippen LogP contribution in [0, 0.1) is 0 Å². The van der Waals surface area contributed by atoms with Crippen LogP contribution in [0.5, 0.6) is 0 Å². The summed E-state index contributed by atoms with van der Waals surface area (Å²) in [5.41, 5.74) is 4.83. The van der Waals surface area contributed by atoms with Crippen LogP contribution in [0.15, 0.2) is 4.52 Å². The number of hydrogen-bond donors (Lipinski definition) is 2. The van der Waals surface area contributed by atoms with Crippen LogP contribution in [0.3, 0.4) is 0 Å². The van der Waals surface area contributed by atoms with Crippen molar-refractivity contribution in [1.29, 1.82) is 0 Å². The highest BCUT2D eigenvalue weighted by molar-refractivity contribution is 5.67. The first-order chi connectivity index (χ1) is 7.90. The number of alkyl carbamates (subject to hydrolysis) is 1. The molecule has 0 saturated heterocycles. The molecule has 0 fully saturated rings. The molecular weight excluding hydrogens is 224 g/mol. The number of nitrogens with one attached hydrogen (secondary N) is 1. The molecule has 0 aromatic carbocycles. The summed E-state index contributed by atoms with van der Waals surface area (Å²) in [7, 11) is 0. The van der Waals surface area contributed by atoms with Crippen molar-refractivity contribution in [3.8, 4) is 0 Å². The van der Waals surface area contributed by atoms with Gasteiger partial charge in [0.15, 0.2) is 5.82 Å². The van der Waals surface area contributed by atoms with Crippen molar-refractivity contribution in [3.63, 3.8) is 0 Å². The largest absolute Gasteiger partial charge is 0.444 e. The van der Waals surface area contributed by atoms with E-state index in [0.29, 0.717) is 24.7 Å². The van der Waals surface area contributed by atoms with Crippen LogP contribution in [-0.4, -0.2) is 28.4 Å². The van der Waals surface area contributed by atoms with Crippen LogP contribution in [-0.2, 0) is 17.7 Å². The Labute approximate surface area is 99.7 Å². The van der Waals surface area contributed by atoms with Crippen molar-refractivity contribution in [2.24, 2.45) is 5.73 Å². The minimum absolute atomic E-state index is 0.145. The Hall–Kier alpha value is -1.63. The maximum atomic E-state index is 11.3. The third-order valence-corrected chi connectivity index (χ3v) is 1.66. The van der Waals surface area contributed by atoms with Gasteiger partial charge in [0.1, 0.15) is 12.1 Å². The molecule has 96 valence electrons. The highest BCUT2D eigenvalue weighted by atomic mass is 16.6. The zero-order valence-corrected chi connectivity index (χ0v) is 10.3. The van der Waals surface area contributed by atoms with Gasteiger partial charge in [0.05, 0.1) is 0 Å². The molecule has 0 bridgehead atoms. The number of rotatable bonds is 4. The van der Waals surface area contributed by atoms with E-state index in [1.165, 1.54) is 0 Å². The highest BCUT2D eigenvalue weighted by Crippen LogP contribution is 2.06. The fraction of sp³-hybridized carbons (Fsp3) is 0.700. The van der Waals surface area contributed by atoms with E-state index in [1.54, 1.807) is 20.8 Å². The predicted octanol–water partition coefficient (Wildman–Crippen LogP) is 0.596. The second kappa shape index (κ2) is 5.62.